The summed E-state index contributed by atoms with van der Waals surface area (Å²) in [6, 6.07) is 0. The number of ether oxygens (including phenoxy) is 1. The molecule has 0 aliphatic carbocycles. The SMILES string of the molecule is CC1CCNCC1CC1CCOC1. The van der Waals surface area contributed by atoms with Gasteiger partial charge in [0.05, 0.1) is 0 Å². The predicted molar refractivity (Wildman–Crippen MR) is 53.7 cm³/mol. The molecule has 0 spiro atoms. The Hall–Kier alpha value is -0.0800. The van der Waals surface area contributed by atoms with E-state index in [9.17, 15) is 0 Å². The molecule has 0 aromatic heterocycles. The normalized spacial score (nSPS) is 40.8. The van der Waals surface area contributed by atoms with Gasteiger partial charge >= 0.3 is 0 Å². The van der Waals surface area contributed by atoms with Crippen LogP contribution in [0.3, 0.4) is 0 Å². The van der Waals surface area contributed by atoms with Crippen LogP contribution in [-0.4, -0.2) is 26.3 Å². The van der Waals surface area contributed by atoms with E-state index in [0.717, 1.165) is 31.0 Å². The van der Waals surface area contributed by atoms with Crippen LogP contribution < -0.4 is 5.32 Å². The molecule has 0 radical (unpaired) electrons. The van der Waals surface area contributed by atoms with Gasteiger partial charge in [-0.25, -0.2) is 0 Å². The smallest absolute Gasteiger partial charge is 0.0495 e. The summed E-state index contributed by atoms with van der Waals surface area (Å²) in [5.41, 5.74) is 0. The zero-order chi connectivity index (χ0) is 9.10. The van der Waals surface area contributed by atoms with Crippen LogP contribution in [0.1, 0.15) is 26.2 Å². The molecule has 1 N–H and O–H groups in total. The van der Waals surface area contributed by atoms with Gasteiger partial charge in [0, 0.05) is 13.2 Å². The van der Waals surface area contributed by atoms with Crippen LogP contribution in [0.5, 0.6) is 0 Å². The van der Waals surface area contributed by atoms with Crippen LogP contribution in [0.4, 0.5) is 0 Å². The van der Waals surface area contributed by atoms with Crippen LogP contribution in [0.25, 0.3) is 0 Å². The summed E-state index contributed by atoms with van der Waals surface area (Å²) in [7, 11) is 0. The van der Waals surface area contributed by atoms with Crippen LogP contribution in [0.15, 0.2) is 0 Å². The molecule has 0 saturated carbocycles. The van der Waals surface area contributed by atoms with Crippen molar-refractivity contribution in [3.8, 4) is 0 Å². The third kappa shape index (κ3) is 2.44. The van der Waals surface area contributed by atoms with E-state index in [4.69, 9.17) is 4.74 Å². The highest BCUT2D eigenvalue weighted by molar-refractivity contribution is 4.78. The maximum Gasteiger partial charge on any atom is 0.0495 e. The van der Waals surface area contributed by atoms with E-state index in [1.807, 2.05) is 0 Å². The second kappa shape index (κ2) is 4.43. The molecule has 2 saturated heterocycles. The van der Waals surface area contributed by atoms with Crippen molar-refractivity contribution in [1.29, 1.82) is 0 Å². The topological polar surface area (TPSA) is 21.3 Å². The number of piperidine rings is 1. The van der Waals surface area contributed by atoms with E-state index < -0.39 is 0 Å². The number of rotatable bonds is 2. The van der Waals surface area contributed by atoms with Crippen molar-refractivity contribution < 1.29 is 4.74 Å². The highest BCUT2D eigenvalue weighted by atomic mass is 16.5. The summed E-state index contributed by atoms with van der Waals surface area (Å²) in [6.45, 7) is 6.88. The number of hydrogen-bond acceptors (Lipinski definition) is 2. The number of hydrogen-bond donors (Lipinski definition) is 1. The standard InChI is InChI=1S/C11H21NO/c1-9-2-4-12-7-11(9)6-10-3-5-13-8-10/h9-12H,2-8H2,1H3. The van der Waals surface area contributed by atoms with Crippen LogP contribution >= 0.6 is 0 Å². The fourth-order valence-corrected chi connectivity index (χ4v) is 2.57. The van der Waals surface area contributed by atoms with Gasteiger partial charge in [0.25, 0.3) is 0 Å². The molecule has 3 unspecified atom stereocenters. The summed E-state index contributed by atoms with van der Waals surface area (Å²) in [6.07, 6.45) is 4.04. The summed E-state index contributed by atoms with van der Waals surface area (Å²) in [5, 5.41) is 3.50. The minimum Gasteiger partial charge on any atom is -0.381 e. The third-order valence-corrected chi connectivity index (χ3v) is 3.65. The molecule has 2 aliphatic heterocycles. The molecule has 2 nitrogen and oxygen atoms in total. The minimum atomic E-state index is 0.854. The predicted octanol–water partition coefficient (Wildman–Crippen LogP) is 1.66. The fourth-order valence-electron chi connectivity index (χ4n) is 2.57. The first kappa shape index (κ1) is 9.47. The Morgan fingerprint density at radius 2 is 2.31 bits per heavy atom. The Labute approximate surface area is 81.0 Å². The molecule has 2 fully saturated rings. The summed E-state index contributed by atoms with van der Waals surface area (Å²) < 4.78 is 5.41. The van der Waals surface area contributed by atoms with Gasteiger partial charge in [0.15, 0.2) is 0 Å². The van der Waals surface area contributed by atoms with Crippen molar-refractivity contribution in [2.45, 2.75) is 26.2 Å². The highest BCUT2D eigenvalue weighted by Crippen LogP contribution is 2.28. The van der Waals surface area contributed by atoms with Gasteiger partial charge < -0.3 is 10.1 Å². The molecule has 2 heteroatoms. The van der Waals surface area contributed by atoms with Crippen molar-refractivity contribution in [2.75, 3.05) is 26.3 Å². The lowest BCUT2D eigenvalue weighted by atomic mass is 9.81. The van der Waals surface area contributed by atoms with Crippen molar-refractivity contribution in [3.05, 3.63) is 0 Å². The summed E-state index contributed by atoms with van der Waals surface area (Å²) >= 11 is 0. The molecule has 3 atom stereocenters. The quantitative estimate of drug-likeness (QED) is 0.703. The molecule has 0 aromatic carbocycles. The van der Waals surface area contributed by atoms with E-state index in [0.29, 0.717) is 0 Å². The zero-order valence-electron chi connectivity index (χ0n) is 8.59. The van der Waals surface area contributed by atoms with E-state index in [-0.39, 0.29) is 0 Å². The Kier molecular flexibility index (Phi) is 3.23. The average molecular weight is 183 g/mol. The van der Waals surface area contributed by atoms with Crippen LogP contribution in [-0.2, 0) is 4.74 Å². The minimum absolute atomic E-state index is 0.854. The Morgan fingerprint density at radius 1 is 1.38 bits per heavy atom. The maximum absolute atomic E-state index is 5.41. The van der Waals surface area contributed by atoms with Crippen LogP contribution in [0, 0.1) is 17.8 Å². The van der Waals surface area contributed by atoms with Gasteiger partial charge in [0.2, 0.25) is 0 Å². The van der Waals surface area contributed by atoms with Crippen molar-refractivity contribution >= 4 is 0 Å². The first-order valence-electron chi connectivity index (χ1n) is 5.64. The Bertz CT molecular complexity index is 154. The average Bonchev–Trinajstić information content (AvgIpc) is 2.61. The van der Waals surface area contributed by atoms with E-state index >= 15 is 0 Å². The first-order valence-corrected chi connectivity index (χ1v) is 5.64. The van der Waals surface area contributed by atoms with Gasteiger partial charge in [0.1, 0.15) is 0 Å². The number of nitrogens with one attached hydrogen (secondary N) is 1. The van der Waals surface area contributed by atoms with E-state index in [1.54, 1.807) is 0 Å². The van der Waals surface area contributed by atoms with Crippen molar-refractivity contribution in [3.63, 3.8) is 0 Å². The molecular weight excluding hydrogens is 162 g/mol. The maximum atomic E-state index is 5.41. The molecule has 2 rings (SSSR count). The van der Waals surface area contributed by atoms with Crippen LogP contribution in [0.2, 0.25) is 0 Å². The van der Waals surface area contributed by atoms with E-state index in [2.05, 4.69) is 12.2 Å². The lowest BCUT2D eigenvalue weighted by Crippen LogP contribution is -2.36. The van der Waals surface area contributed by atoms with Gasteiger partial charge in [-0.3, -0.25) is 0 Å². The molecule has 13 heavy (non-hydrogen) atoms. The summed E-state index contributed by atoms with van der Waals surface area (Å²) in [5.74, 6) is 2.68. The van der Waals surface area contributed by atoms with Crippen molar-refractivity contribution in [1.82, 2.24) is 5.32 Å². The molecule has 0 amide bonds. The Balaban J connectivity index is 1.78. The molecule has 0 aromatic rings. The molecule has 2 heterocycles. The second-order valence-corrected chi connectivity index (χ2v) is 4.70. The molecule has 0 bridgehead atoms. The van der Waals surface area contributed by atoms with E-state index in [1.165, 1.54) is 32.4 Å². The molecular formula is C11H21NO. The zero-order valence-corrected chi connectivity index (χ0v) is 8.59. The third-order valence-electron chi connectivity index (χ3n) is 3.65. The monoisotopic (exact) mass is 183 g/mol. The van der Waals surface area contributed by atoms with Gasteiger partial charge in [-0.1, -0.05) is 6.92 Å². The van der Waals surface area contributed by atoms with Crippen molar-refractivity contribution in [2.24, 2.45) is 17.8 Å². The second-order valence-electron chi connectivity index (χ2n) is 4.70. The van der Waals surface area contributed by atoms with Gasteiger partial charge in [-0.15, -0.1) is 0 Å². The lowest BCUT2D eigenvalue weighted by Gasteiger charge is -2.31. The first-order chi connectivity index (χ1) is 6.36. The molecule has 76 valence electrons. The summed E-state index contributed by atoms with van der Waals surface area (Å²) in [4.78, 5) is 0. The Morgan fingerprint density at radius 3 is 3.00 bits per heavy atom. The highest BCUT2D eigenvalue weighted by Gasteiger charge is 2.26. The van der Waals surface area contributed by atoms with Gasteiger partial charge in [-0.05, 0) is 50.1 Å². The lowest BCUT2D eigenvalue weighted by molar-refractivity contribution is 0.168. The van der Waals surface area contributed by atoms with Gasteiger partial charge in [-0.2, -0.15) is 0 Å². The largest absolute Gasteiger partial charge is 0.381 e. The molecule has 2 aliphatic rings. The fraction of sp³-hybridized carbons (Fsp3) is 1.00.